The highest BCUT2D eigenvalue weighted by molar-refractivity contribution is 7.98. The van der Waals surface area contributed by atoms with Crippen LogP contribution in [0.1, 0.15) is 60.7 Å². The van der Waals surface area contributed by atoms with Gasteiger partial charge in [-0.15, -0.1) is 30.6 Å². The van der Waals surface area contributed by atoms with Crippen LogP contribution in [0.3, 0.4) is 0 Å². The normalized spacial score (nSPS) is 11.6. The number of thioether (sulfide) groups is 2. The molecule has 0 radical (unpaired) electrons. The predicted octanol–water partition coefficient (Wildman–Crippen LogP) is 9.40. The summed E-state index contributed by atoms with van der Waals surface area (Å²) < 4.78 is 11.5. The van der Waals surface area contributed by atoms with Crippen LogP contribution < -0.4 is 9.47 Å². The van der Waals surface area contributed by atoms with Crippen LogP contribution in [0.2, 0.25) is 0 Å². The summed E-state index contributed by atoms with van der Waals surface area (Å²) in [6.07, 6.45) is 7.86. The van der Waals surface area contributed by atoms with Crippen LogP contribution in [0.15, 0.2) is 93.1 Å². The lowest BCUT2D eigenvalue weighted by molar-refractivity contribution is 0.309. The maximum Gasteiger partial charge on any atom is 0.231 e. The van der Waals surface area contributed by atoms with E-state index < -0.39 is 0 Å². The molecular weight excluding hydrogens is 785 g/mol. The van der Waals surface area contributed by atoms with Crippen molar-refractivity contribution in [3.63, 3.8) is 0 Å². The summed E-state index contributed by atoms with van der Waals surface area (Å²) in [5.74, 6) is 4.22. The Bertz CT molecular complexity index is 2150. The van der Waals surface area contributed by atoms with Crippen LogP contribution in [-0.4, -0.2) is 76.4 Å². The molecule has 18 heteroatoms. The Balaban J connectivity index is 0.852. The molecule has 0 aliphatic carbocycles. The van der Waals surface area contributed by atoms with Crippen molar-refractivity contribution >= 4 is 68.9 Å². The van der Waals surface area contributed by atoms with Crippen LogP contribution in [0.25, 0.3) is 22.8 Å². The first-order valence-corrected chi connectivity index (χ1v) is 21.6. The minimum atomic E-state index is 0.581. The average Bonchev–Trinajstić information content (AvgIpc) is 4.08. The summed E-state index contributed by atoms with van der Waals surface area (Å²) in [6.45, 7) is 5.75. The first-order chi connectivity index (χ1) is 27.6. The van der Waals surface area contributed by atoms with Crippen molar-refractivity contribution < 1.29 is 9.47 Å². The highest BCUT2D eigenvalue weighted by Gasteiger charge is 2.12. The molecule has 4 heterocycles. The Morgan fingerprint density at radius 2 is 1.02 bits per heavy atom. The molecular formula is C38H38N12O2S4. The van der Waals surface area contributed by atoms with E-state index in [-0.39, 0.29) is 0 Å². The van der Waals surface area contributed by atoms with Crippen LogP contribution in [0.5, 0.6) is 11.5 Å². The predicted molar refractivity (Wildman–Crippen MR) is 224 cm³/mol. The fraction of sp³-hybridized carbons (Fsp3) is 0.263. The number of aliphatic imine (C=N–C) groups is 2. The lowest BCUT2D eigenvalue weighted by Crippen LogP contribution is -1.96. The Morgan fingerprint density at radius 3 is 1.43 bits per heavy atom. The summed E-state index contributed by atoms with van der Waals surface area (Å²) in [6, 6.07) is 23.6. The second-order valence-electron chi connectivity index (χ2n) is 12.1. The lowest BCUT2D eigenvalue weighted by Gasteiger charge is -2.04. The molecule has 4 aromatic heterocycles. The van der Waals surface area contributed by atoms with E-state index in [4.69, 9.17) is 9.47 Å². The quantitative estimate of drug-likeness (QED) is 0.0423. The molecule has 0 fully saturated rings. The molecule has 0 bridgehead atoms. The maximum absolute atomic E-state index is 5.73. The van der Waals surface area contributed by atoms with Crippen molar-refractivity contribution in [3.8, 4) is 34.3 Å². The van der Waals surface area contributed by atoms with Crippen molar-refractivity contribution in [2.45, 2.75) is 61.3 Å². The molecule has 14 nitrogen and oxygen atoms in total. The number of benzene rings is 3. The first kappa shape index (κ1) is 39.0. The van der Waals surface area contributed by atoms with Gasteiger partial charge in [-0.3, -0.25) is 10.2 Å². The Morgan fingerprint density at radius 1 is 0.589 bits per heavy atom. The smallest absolute Gasteiger partial charge is 0.231 e. The summed E-state index contributed by atoms with van der Waals surface area (Å²) in [7, 11) is 0. The van der Waals surface area contributed by atoms with Gasteiger partial charge < -0.3 is 9.47 Å². The fourth-order valence-corrected chi connectivity index (χ4v) is 7.79. The Kier molecular flexibility index (Phi) is 13.9. The van der Waals surface area contributed by atoms with Crippen molar-refractivity contribution in [1.29, 1.82) is 0 Å². The molecule has 3 aromatic carbocycles. The number of ether oxygens (including phenoxy) is 2. The number of aromatic amines is 2. The average molecular weight is 823 g/mol. The zero-order valence-electron chi connectivity index (χ0n) is 30.7. The number of nitrogens with zero attached hydrogens (tertiary/aromatic N) is 10. The molecule has 286 valence electrons. The third kappa shape index (κ3) is 11.4. The van der Waals surface area contributed by atoms with Gasteiger partial charge in [0.25, 0.3) is 0 Å². The van der Waals surface area contributed by atoms with Crippen molar-refractivity contribution in [1.82, 2.24) is 50.8 Å². The zero-order chi connectivity index (χ0) is 38.4. The van der Waals surface area contributed by atoms with Gasteiger partial charge in [0.15, 0.2) is 11.6 Å². The molecule has 0 atom stereocenters. The summed E-state index contributed by atoms with van der Waals surface area (Å²) in [4.78, 5) is 18.3. The molecule has 0 aliphatic heterocycles. The van der Waals surface area contributed by atoms with Gasteiger partial charge in [-0.2, -0.15) is 0 Å². The number of hydrogen-bond acceptors (Lipinski definition) is 16. The third-order valence-electron chi connectivity index (χ3n) is 7.86. The van der Waals surface area contributed by atoms with Crippen LogP contribution in [0.4, 0.5) is 10.3 Å². The number of nitrogens with one attached hydrogen (secondary N) is 2. The number of unbranched alkanes of at least 4 members (excludes halogenated alkanes) is 2. The van der Waals surface area contributed by atoms with Crippen LogP contribution >= 0.6 is 46.2 Å². The number of aromatic nitrogens is 10. The highest BCUT2D eigenvalue weighted by Crippen LogP contribution is 2.29. The van der Waals surface area contributed by atoms with Crippen molar-refractivity contribution in [2.24, 2.45) is 9.98 Å². The lowest BCUT2D eigenvalue weighted by atomic mass is 10.1. The van der Waals surface area contributed by atoms with Gasteiger partial charge in [-0.05, 0) is 72.5 Å². The van der Waals surface area contributed by atoms with E-state index in [1.807, 2.05) is 72.8 Å². The topological polar surface area (TPSA) is 178 Å². The molecule has 7 rings (SSSR count). The highest BCUT2D eigenvalue weighted by atomic mass is 32.2. The van der Waals surface area contributed by atoms with E-state index in [2.05, 4.69) is 74.6 Å². The van der Waals surface area contributed by atoms with Crippen LogP contribution in [-0.2, 0) is 11.5 Å². The summed E-state index contributed by atoms with van der Waals surface area (Å²) in [5.41, 5.74) is 3.74. The first-order valence-electron chi connectivity index (χ1n) is 18.0. The second kappa shape index (κ2) is 20.0. The molecule has 56 heavy (non-hydrogen) atoms. The molecule has 0 spiro atoms. The Labute approximate surface area is 340 Å². The standard InChI is InChI=1S/C38H38N12O2S4/c1-3-5-19-51-29-15-7-25(8-16-29)21-39-35-47-43-31(55-35)23-53-37-41-33(45-49-37)27-11-13-28(14-12-27)34-42-38(50-46-34)54-24-32-44-48-36(56-32)40-22-26-9-17-30(18-10-26)52-20-6-4-2/h7-18,21-22H,3-6,19-20,23-24H2,1-2H3,(H,41,45,49)(H,42,46,50)/b39-21+,40-22+. The van der Waals surface area contributed by atoms with Gasteiger partial charge in [-0.25, -0.2) is 20.0 Å². The number of H-pyrrole nitrogens is 2. The molecule has 0 amide bonds. The number of rotatable bonds is 20. The fourth-order valence-electron chi connectivity index (χ4n) is 4.86. The molecule has 0 saturated heterocycles. The largest absolute Gasteiger partial charge is 0.494 e. The number of hydrogen-bond donors (Lipinski definition) is 2. The third-order valence-corrected chi connectivity index (χ3v) is 11.6. The molecule has 7 aromatic rings. The van der Waals surface area contributed by atoms with E-state index in [9.17, 15) is 0 Å². The van der Waals surface area contributed by atoms with Gasteiger partial charge in [-0.1, -0.05) is 97.2 Å². The van der Waals surface area contributed by atoms with Crippen molar-refractivity contribution in [2.75, 3.05) is 13.2 Å². The summed E-state index contributed by atoms with van der Waals surface area (Å²) >= 11 is 5.84. The molecule has 0 saturated carbocycles. The van der Waals surface area contributed by atoms with Gasteiger partial charge in [0, 0.05) is 23.6 Å². The van der Waals surface area contributed by atoms with Gasteiger partial charge in [0.2, 0.25) is 20.6 Å². The SMILES string of the molecule is CCCCOc1ccc(/C=N/c2nnc(CSc3n[nH]c(-c4ccc(-c5nc(SCc6nnc(/N=C/c7ccc(OCCCC)cc7)s6)n[nH]5)cc4)n3)s2)cc1. The summed E-state index contributed by atoms with van der Waals surface area (Å²) in [5, 5.41) is 35.9. The van der Waals surface area contributed by atoms with E-state index >= 15 is 0 Å². The second-order valence-corrected chi connectivity index (χ2v) is 16.1. The molecule has 2 N–H and O–H groups in total. The van der Waals surface area contributed by atoms with Gasteiger partial charge in [0.1, 0.15) is 21.5 Å². The van der Waals surface area contributed by atoms with Gasteiger partial charge >= 0.3 is 0 Å². The van der Waals surface area contributed by atoms with Crippen LogP contribution in [0, 0.1) is 0 Å². The van der Waals surface area contributed by atoms with E-state index in [1.54, 1.807) is 12.4 Å². The molecule has 0 unspecified atom stereocenters. The van der Waals surface area contributed by atoms with E-state index in [0.717, 1.165) is 82.7 Å². The monoisotopic (exact) mass is 822 g/mol. The molecule has 0 aliphatic rings. The van der Waals surface area contributed by atoms with E-state index in [0.29, 0.717) is 43.7 Å². The van der Waals surface area contributed by atoms with Crippen molar-refractivity contribution in [3.05, 3.63) is 93.9 Å². The van der Waals surface area contributed by atoms with E-state index in [1.165, 1.54) is 46.2 Å². The Hall–Kier alpha value is -5.30. The minimum absolute atomic E-state index is 0.581. The maximum atomic E-state index is 5.73. The zero-order valence-corrected chi connectivity index (χ0v) is 33.9. The minimum Gasteiger partial charge on any atom is -0.494 e. The van der Waals surface area contributed by atoms with Gasteiger partial charge in [0.05, 0.1) is 24.7 Å².